The van der Waals surface area contributed by atoms with Crippen LogP contribution in [0.1, 0.15) is 24.0 Å². The molecule has 3 aromatic rings. The van der Waals surface area contributed by atoms with Crippen molar-refractivity contribution in [1.29, 1.82) is 0 Å². The summed E-state index contributed by atoms with van der Waals surface area (Å²) in [7, 11) is 0. The number of hydrogen-bond donors (Lipinski definition) is 1. The van der Waals surface area contributed by atoms with Crippen LogP contribution in [0, 0.1) is 11.2 Å². The number of aromatic nitrogens is 1. The summed E-state index contributed by atoms with van der Waals surface area (Å²) in [5.41, 5.74) is 9.55. The van der Waals surface area contributed by atoms with Gasteiger partial charge < -0.3 is 5.73 Å². The first-order chi connectivity index (χ1) is 14.5. The van der Waals surface area contributed by atoms with Gasteiger partial charge in [0.05, 0.1) is 5.41 Å². The van der Waals surface area contributed by atoms with E-state index in [1.807, 2.05) is 30.5 Å². The quantitative estimate of drug-likeness (QED) is 0.671. The second-order valence-electron chi connectivity index (χ2n) is 8.17. The van der Waals surface area contributed by atoms with E-state index in [-0.39, 0.29) is 11.7 Å². The fourth-order valence-corrected chi connectivity index (χ4v) is 4.33. The first kappa shape index (κ1) is 20.2. The third kappa shape index (κ3) is 4.57. The number of rotatable bonds is 6. The largest absolute Gasteiger partial charge is 0.369 e. The molecule has 0 radical (unpaired) electrons. The Hall–Kier alpha value is -3.05. The van der Waals surface area contributed by atoms with Crippen molar-refractivity contribution in [2.75, 3.05) is 13.1 Å². The SMILES string of the molecule is NC(=O)C1(Cc2cccc(-c3cccnc3)c2)CCN(Cc2cccc(F)c2)CC1. The van der Waals surface area contributed by atoms with Crippen LogP contribution in [0.2, 0.25) is 0 Å². The van der Waals surface area contributed by atoms with Gasteiger partial charge in [0.15, 0.2) is 0 Å². The van der Waals surface area contributed by atoms with E-state index in [2.05, 4.69) is 28.1 Å². The zero-order valence-corrected chi connectivity index (χ0v) is 16.9. The summed E-state index contributed by atoms with van der Waals surface area (Å²) in [6.07, 6.45) is 5.63. The second kappa shape index (κ2) is 8.76. The number of pyridine rings is 1. The molecule has 1 fully saturated rings. The molecule has 1 amide bonds. The minimum Gasteiger partial charge on any atom is -0.369 e. The van der Waals surface area contributed by atoms with Crippen LogP contribution in [-0.4, -0.2) is 28.9 Å². The highest BCUT2D eigenvalue weighted by Crippen LogP contribution is 2.36. The molecule has 4 nitrogen and oxygen atoms in total. The molecule has 1 aliphatic rings. The van der Waals surface area contributed by atoms with Crippen LogP contribution in [0.15, 0.2) is 73.1 Å². The van der Waals surface area contributed by atoms with Crippen LogP contribution in [0.5, 0.6) is 0 Å². The van der Waals surface area contributed by atoms with E-state index in [1.165, 1.54) is 6.07 Å². The molecule has 154 valence electrons. The van der Waals surface area contributed by atoms with Crippen LogP contribution in [0.25, 0.3) is 11.1 Å². The summed E-state index contributed by atoms with van der Waals surface area (Å²) in [5, 5.41) is 0. The van der Waals surface area contributed by atoms with Crippen LogP contribution in [-0.2, 0) is 17.8 Å². The van der Waals surface area contributed by atoms with Crippen molar-refractivity contribution >= 4 is 5.91 Å². The van der Waals surface area contributed by atoms with E-state index in [9.17, 15) is 9.18 Å². The van der Waals surface area contributed by atoms with Crippen LogP contribution >= 0.6 is 0 Å². The Morgan fingerprint density at radius 3 is 2.43 bits per heavy atom. The van der Waals surface area contributed by atoms with Gasteiger partial charge in [0, 0.05) is 18.9 Å². The number of amides is 1. The number of halogens is 1. The van der Waals surface area contributed by atoms with Crippen LogP contribution < -0.4 is 5.73 Å². The maximum atomic E-state index is 13.5. The lowest BCUT2D eigenvalue weighted by Crippen LogP contribution is -2.48. The molecular formula is C25H26FN3O. The Balaban J connectivity index is 1.46. The fourth-order valence-electron chi connectivity index (χ4n) is 4.33. The van der Waals surface area contributed by atoms with E-state index >= 15 is 0 Å². The summed E-state index contributed by atoms with van der Waals surface area (Å²) in [6, 6.07) is 18.9. The van der Waals surface area contributed by atoms with Gasteiger partial charge in [0.2, 0.25) is 5.91 Å². The van der Waals surface area contributed by atoms with Crippen molar-refractivity contribution in [2.24, 2.45) is 11.1 Å². The summed E-state index contributed by atoms with van der Waals surface area (Å²) < 4.78 is 13.5. The predicted octanol–water partition coefficient (Wildman–Crippen LogP) is 4.20. The van der Waals surface area contributed by atoms with Crippen molar-refractivity contribution in [3.63, 3.8) is 0 Å². The first-order valence-electron chi connectivity index (χ1n) is 10.3. The Kier molecular flexibility index (Phi) is 5.91. The topological polar surface area (TPSA) is 59.2 Å². The van der Waals surface area contributed by atoms with E-state index < -0.39 is 5.41 Å². The highest BCUT2D eigenvalue weighted by atomic mass is 19.1. The van der Waals surface area contributed by atoms with Gasteiger partial charge in [0.25, 0.3) is 0 Å². The van der Waals surface area contributed by atoms with Gasteiger partial charge in [-0.2, -0.15) is 0 Å². The Morgan fingerprint density at radius 2 is 1.73 bits per heavy atom. The molecule has 0 aliphatic carbocycles. The van der Waals surface area contributed by atoms with Crippen LogP contribution in [0.3, 0.4) is 0 Å². The summed E-state index contributed by atoms with van der Waals surface area (Å²) >= 11 is 0. The number of primary amides is 1. The van der Waals surface area contributed by atoms with Crippen LogP contribution in [0.4, 0.5) is 4.39 Å². The molecule has 5 heteroatoms. The smallest absolute Gasteiger partial charge is 0.224 e. The molecule has 1 aliphatic heterocycles. The second-order valence-corrected chi connectivity index (χ2v) is 8.17. The molecule has 30 heavy (non-hydrogen) atoms. The number of benzene rings is 2. The molecule has 1 aromatic heterocycles. The standard InChI is InChI=1S/C25H26FN3O/c26-23-8-2-5-20(15-23)18-29-12-9-25(10-13-29,24(27)30)16-19-4-1-6-21(14-19)22-7-3-11-28-17-22/h1-8,11,14-15,17H,9-10,12-13,16,18H2,(H2,27,30). The number of carbonyl (C=O) groups excluding carboxylic acids is 1. The molecule has 2 N–H and O–H groups in total. The number of likely N-dealkylation sites (tertiary alicyclic amines) is 1. The van der Waals surface area contributed by atoms with Crippen molar-refractivity contribution in [2.45, 2.75) is 25.8 Å². The maximum Gasteiger partial charge on any atom is 0.224 e. The monoisotopic (exact) mass is 403 g/mol. The van der Waals surface area contributed by atoms with Gasteiger partial charge in [0.1, 0.15) is 5.82 Å². The van der Waals surface area contributed by atoms with Gasteiger partial charge in [-0.05, 0) is 72.8 Å². The third-order valence-corrected chi connectivity index (χ3v) is 6.10. The average molecular weight is 404 g/mol. The van der Waals surface area contributed by atoms with Crippen molar-refractivity contribution in [3.8, 4) is 11.1 Å². The molecular weight excluding hydrogens is 377 g/mol. The molecule has 0 bridgehead atoms. The zero-order chi connectivity index (χ0) is 21.0. The lowest BCUT2D eigenvalue weighted by atomic mass is 9.73. The average Bonchev–Trinajstić information content (AvgIpc) is 2.76. The molecule has 4 rings (SSSR count). The number of nitrogens with zero attached hydrogens (tertiary/aromatic N) is 2. The van der Waals surface area contributed by atoms with Gasteiger partial charge in [-0.1, -0.05) is 42.5 Å². The summed E-state index contributed by atoms with van der Waals surface area (Å²) in [4.78, 5) is 18.9. The summed E-state index contributed by atoms with van der Waals surface area (Å²) in [5.74, 6) is -0.454. The normalized spacial score (nSPS) is 16.3. The Morgan fingerprint density at radius 1 is 1.00 bits per heavy atom. The first-order valence-corrected chi connectivity index (χ1v) is 10.3. The minimum absolute atomic E-state index is 0.218. The van der Waals surface area contributed by atoms with Gasteiger partial charge >= 0.3 is 0 Å². The van der Waals surface area contributed by atoms with Crippen molar-refractivity contribution < 1.29 is 9.18 Å². The number of piperidine rings is 1. The molecule has 0 unspecified atom stereocenters. The highest BCUT2D eigenvalue weighted by Gasteiger charge is 2.39. The molecule has 1 saturated heterocycles. The Labute approximate surface area is 176 Å². The van der Waals surface area contributed by atoms with E-state index in [1.54, 1.807) is 18.3 Å². The third-order valence-electron chi connectivity index (χ3n) is 6.10. The number of nitrogens with two attached hydrogens (primary N) is 1. The maximum absolute atomic E-state index is 13.5. The van der Waals surface area contributed by atoms with Gasteiger partial charge in [-0.15, -0.1) is 0 Å². The molecule has 0 spiro atoms. The minimum atomic E-state index is -0.550. The van der Waals surface area contributed by atoms with E-state index in [4.69, 9.17) is 5.73 Å². The molecule has 0 saturated carbocycles. The highest BCUT2D eigenvalue weighted by molar-refractivity contribution is 5.81. The van der Waals surface area contributed by atoms with E-state index in [0.29, 0.717) is 25.8 Å². The van der Waals surface area contributed by atoms with E-state index in [0.717, 1.165) is 35.3 Å². The molecule has 2 heterocycles. The Bertz CT molecular complexity index is 1010. The van der Waals surface area contributed by atoms with Crippen molar-refractivity contribution in [1.82, 2.24) is 9.88 Å². The predicted molar refractivity (Wildman–Crippen MR) is 116 cm³/mol. The molecule has 0 atom stereocenters. The molecule has 2 aromatic carbocycles. The number of carbonyl (C=O) groups is 1. The van der Waals surface area contributed by atoms with Gasteiger partial charge in [-0.25, -0.2) is 4.39 Å². The summed E-state index contributed by atoms with van der Waals surface area (Å²) in [6.45, 7) is 2.21. The lowest BCUT2D eigenvalue weighted by molar-refractivity contribution is -0.130. The van der Waals surface area contributed by atoms with Gasteiger partial charge in [-0.3, -0.25) is 14.7 Å². The zero-order valence-electron chi connectivity index (χ0n) is 16.9. The lowest BCUT2D eigenvalue weighted by Gasteiger charge is -2.40. The van der Waals surface area contributed by atoms with Crippen molar-refractivity contribution in [3.05, 3.63) is 90.0 Å². The fraction of sp³-hybridized carbons (Fsp3) is 0.280. The number of hydrogen-bond acceptors (Lipinski definition) is 3.